The Balaban J connectivity index is 1.73. The number of rotatable bonds is 4. The number of carbonyl (C=O) groups is 2. The minimum Gasteiger partial charge on any atom is -0.468 e. The van der Waals surface area contributed by atoms with Gasteiger partial charge in [0.2, 0.25) is 0 Å². The molecule has 130 valence electrons. The zero-order valence-corrected chi connectivity index (χ0v) is 14.4. The highest BCUT2D eigenvalue weighted by atomic mass is 35.5. The third kappa shape index (κ3) is 3.41. The Labute approximate surface area is 146 Å². The Bertz CT molecular complexity index is 616. The summed E-state index contributed by atoms with van der Waals surface area (Å²) in [5.41, 5.74) is 0.750. The van der Waals surface area contributed by atoms with Crippen LogP contribution in [0.1, 0.15) is 18.0 Å². The predicted octanol–water partition coefficient (Wildman–Crippen LogP) is 1.49. The Morgan fingerprint density at radius 1 is 1.29 bits per heavy atom. The fourth-order valence-corrected chi connectivity index (χ4v) is 3.64. The van der Waals surface area contributed by atoms with E-state index in [1.54, 1.807) is 6.07 Å². The average molecular weight is 353 g/mol. The van der Waals surface area contributed by atoms with E-state index in [9.17, 15) is 9.59 Å². The van der Waals surface area contributed by atoms with Gasteiger partial charge in [-0.3, -0.25) is 14.6 Å². The van der Waals surface area contributed by atoms with E-state index >= 15 is 0 Å². The number of benzene rings is 1. The van der Waals surface area contributed by atoms with Crippen LogP contribution in [0.25, 0.3) is 0 Å². The summed E-state index contributed by atoms with van der Waals surface area (Å²) < 4.78 is 10.0. The number of halogens is 1. The molecule has 7 heteroatoms. The Morgan fingerprint density at radius 3 is 2.58 bits per heavy atom. The van der Waals surface area contributed by atoms with Gasteiger partial charge in [0.15, 0.2) is 0 Å². The van der Waals surface area contributed by atoms with E-state index in [2.05, 4.69) is 9.80 Å². The van der Waals surface area contributed by atoms with E-state index in [-0.39, 0.29) is 18.0 Å². The van der Waals surface area contributed by atoms with Crippen molar-refractivity contribution in [3.63, 3.8) is 0 Å². The third-order valence-electron chi connectivity index (χ3n) is 4.69. The van der Waals surface area contributed by atoms with Gasteiger partial charge in [-0.1, -0.05) is 29.8 Å². The van der Waals surface area contributed by atoms with Crippen LogP contribution in [-0.4, -0.2) is 67.7 Å². The van der Waals surface area contributed by atoms with Crippen LogP contribution in [0.3, 0.4) is 0 Å². The molecule has 2 aliphatic rings. The first kappa shape index (κ1) is 17.2. The molecule has 0 amide bonds. The molecule has 1 aromatic rings. The average Bonchev–Trinajstić information content (AvgIpc) is 3.03. The summed E-state index contributed by atoms with van der Waals surface area (Å²) in [5.74, 6) is -0.462. The van der Waals surface area contributed by atoms with Gasteiger partial charge in [0.1, 0.15) is 12.1 Å². The maximum absolute atomic E-state index is 12.3. The summed E-state index contributed by atoms with van der Waals surface area (Å²) in [7, 11) is 1.39. The monoisotopic (exact) mass is 352 g/mol. The molecule has 6 nitrogen and oxygen atoms in total. The Kier molecular flexibility index (Phi) is 5.38. The van der Waals surface area contributed by atoms with E-state index in [0.29, 0.717) is 37.8 Å². The fraction of sp³-hybridized carbons (Fsp3) is 0.529. The number of methoxy groups -OCH3 is 1. The first-order chi connectivity index (χ1) is 11.6. The molecule has 1 aromatic carbocycles. The predicted molar refractivity (Wildman–Crippen MR) is 88.7 cm³/mol. The van der Waals surface area contributed by atoms with Gasteiger partial charge in [-0.05, 0) is 11.6 Å². The van der Waals surface area contributed by atoms with Crippen LogP contribution in [0.15, 0.2) is 24.3 Å². The van der Waals surface area contributed by atoms with Crippen molar-refractivity contribution in [2.75, 3.05) is 39.9 Å². The molecule has 0 aromatic heterocycles. The van der Waals surface area contributed by atoms with Gasteiger partial charge in [-0.2, -0.15) is 0 Å². The van der Waals surface area contributed by atoms with Crippen molar-refractivity contribution in [2.45, 2.75) is 18.5 Å². The van der Waals surface area contributed by atoms with E-state index in [0.717, 1.165) is 12.0 Å². The highest BCUT2D eigenvalue weighted by Crippen LogP contribution is 2.30. The number of hydrogen-bond donors (Lipinski definition) is 0. The molecule has 0 N–H and O–H groups in total. The van der Waals surface area contributed by atoms with Crippen LogP contribution in [-0.2, 0) is 19.1 Å². The maximum Gasteiger partial charge on any atom is 0.327 e. The van der Waals surface area contributed by atoms with Gasteiger partial charge in [-0.25, -0.2) is 4.79 Å². The van der Waals surface area contributed by atoms with Gasteiger partial charge < -0.3 is 9.47 Å². The summed E-state index contributed by atoms with van der Waals surface area (Å²) in [6.45, 7) is 3.23. The number of piperazine rings is 1. The van der Waals surface area contributed by atoms with Crippen molar-refractivity contribution in [3.8, 4) is 0 Å². The normalized spacial score (nSPS) is 23.8. The van der Waals surface area contributed by atoms with E-state index in [1.165, 1.54) is 7.11 Å². The lowest BCUT2D eigenvalue weighted by atomic mass is 10.0. The number of esters is 2. The number of hydrogen-bond acceptors (Lipinski definition) is 6. The standard InChI is InChI=1S/C17H21ClN2O4/c1-23-17(22)15(12-4-2-3-5-13(12)18)20-9-7-19(8-10-20)14-6-11-24-16(14)21/h2-5,14-15H,6-11H2,1H3/t14-,15+/m0/s1. The molecule has 0 saturated carbocycles. The van der Waals surface area contributed by atoms with Crippen molar-refractivity contribution in [1.82, 2.24) is 9.80 Å². The lowest BCUT2D eigenvalue weighted by Gasteiger charge is -2.39. The summed E-state index contributed by atoms with van der Waals surface area (Å²) in [4.78, 5) is 28.3. The van der Waals surface area contributed by atoms with Crippen LogP contribution < -0.4 is 0 Å². The van der Waals surface area contributed by atoms with Gasteiger partial charge in [-0.15, -0.1) is 0 Å². The maximum atomic E-state index is 12.3. The van der Waals surface area contributed by atoms with Gasteiger partial charge >= 0.3 is 11.9 Å². The zero-order valence-electron chi connectivity index (χ0n) is 13.6. The first-order valence-electron chi connectivity index (χ1n) is 8.09. The van der Waals surface area contributed by atoms with Crippen LogP contribution in [0.2, 0.25) is 5.02 Å². The largest absolute Gasteiger partial charge is 0.468 e. The molecule has 0 radical (unpaired) electrons. The lowest BCUT2D eigenvalue weighted by molar-refractivity contribution is -0.149. The van der Waals surface area contributed by atoms with Gasteiger partial charge in [0.25, 0.3) is 0 Å². The Morgan fingerprint density at radius 2 is 2.00 bits per heavy atom. The smallest absolute Gasteiger partial charge is 0.327 e. The van der Waals surface area contributed by atoms with E-state index < -0.39 is 6.04 Å². The number of cyclic esters (lactones) is 1. The van der Waals surface area contributed by atoms with Crippen molar-refractivity contribution in [1.29, 1.82) is 0 Å². The summed E-state index contributed by atoms with van der Waals surface area (Å²) >= 11 is 6.28. The minimum atomic E-state index is -0.527. The van der Waals surface area contributed by atoms with Crippen molar-refractivity contribution in [2.24, 2.45) is 0 Å². The quantitative estimate of drug-likeness (QED) is 0.765. The second-order valence-electron chi connectivity index (χ2n) is 5.99. The lowest BCUT2D eigenvalue weighted by Crippen LogP contribution is -2.53. The second-order valence-corrected chi connectivity index (χ2v) is 6.40. The SMILES string of the molecule is COC(=O)[C@@H](c1ccccc1Cl)N1CCN([C@H]2CCOC2=O)CC1. The van der Waals surface area contributed by atoms with Gasteiger partial charge in [0.05, 0.1) is 13.7 Å². The molecule has 2 fully saturated rings. The molecule has 2 saturated heterocycles. The van der Waals surface area contributed by atoms with E-state index in [1.807, 2.05) is 18.2 Å². The fourth-order valence-electron chi connectivity index (χ4n) is 3.41. The van der Waals surface area contributed by atoms with Crippen molar-refractivity contribution < 1.29 is 19.1 Å². The van der Waals surface area contributed by atoms with Crippen molar-refractivity contribution in [3.05, 3.63) is 34.9 Å². The number of nitrogens with zero attached hydrogens (tertiary/aromatic N) is 2. The first-order valence-corrected chi connectivity index (χ1v) is 8.46. The Hall–Kier alpha value is -1.63. The molecule has 0 aliphatic carbocycles. The molecular weight excluding hydrogens is 332 g/mol. The molecule has 2 heterocycles. The highest BCUT2D eigenvalue weighted by molar-refractivity contribution is 6.31. The molecule has 2 atom stereocenters. The van der Waals surface area contributed by atoms with E-state index in [4.69, 9.17) is 21.1 Å². The topological polar surface area (TPSA) is 59.1 Å². The van der Waals surface area contributed by atoms with Gasteiger partial charge in [0, 0.05) is 37.6 Å². The van der Waals surface area contributed by atoms with Crippen LogP contribution in [0.4, 0.5) is 0 Å². The molecule has 0 bridgehead atoms. The number of carbonyl (C=O) groups excluding carboxylic acids is 2. The summed E-state index contributed by atoms with van der Waals surface area (Å²) in [6, 6.07) is 6.65. The molecular formula is C17H21ClN2O4. The minimum absolute atomic E-state index is 0.140. The summed E-state index contributed by atoms with van der Waals surface area (Å²) in [6.07, 6.45) is 0.740. The number of ether oxygens (including phenoxy) is 2. The third-order valence-corrected chi connectivity index (χ3v) is 5.03. The second kappa shape index (κ2) is 7.51. The molecule has 2 aliphatic heterocycles. The summed E-state index contributed by atoms with van der Waals surface area (Å²) in [5, 5.41) is 0.551. The van der Waals surface area contributed by atoms with Crippen molar-refractivity contribution >= 4 is 23.5 Å². The molecule has 0 unspecified atom stereocenters. The molecule has 24 heavy (non-hydrogen) atoms. The molecule has 0 spiro atoms. The highest BCUT2D eigenvalue weighted by Gasteiger charge is 2.37. The zero-order chi connectivity index (χ0) is 17.1. The van der Waals surface area contributed by atoms with Crippen LogP contribution >= 0.6 is 11.6 Å². The molecule has 3 rings (SSSR count). The van der Waals surface area contributed by atoms with Crippen LogP contribution in [0.5, 0.6) is 0 Å². The van der Waals surface area contributed by atoms with Crippen LogP contribution in [0, 0.1) is 0 Å².